The topological polar surface area (TPSA) is 20.3 Å². The molecule has 0 saturated carbocycles. The van der Waals surface area contributed by atoms with Crippen molar-refractivity contribution in [2.24, 2.45) is 5.92 Å². The molecule has 1 fully saturated rings. The fourth-order valence-corrected chi connectivity index (χ4v) is 3.43. The molecule has 0 aromatic heterocycles. The van der Waals surface area contributed by atoms with E-state index in [-0.39, 0.29) is 11.8 Å². The molecule has 1 atom stereocenters. The lowest BCUT2D eigenvalue weighted by Gasteiger charge is -2.27. The van der Waals surface area contributed by atoms with Gasteiger partial charge in [-0.3, -0.25) is 4.79 Å². The lowest BCUT2D eigenvalue weighted by molar-refractivity contribution is -0.131. The maximum absolute atomic E-state index is 13.3. The van der Waals surface area contributed by atoms with E-state index in [2.05, 4.69) is 36.1 Å². The summed E-state index contributed by atoms with van der Waals surface area (Å²) in [6.07, 6.45) is 3.45. The number of hydrogen-bond donors (Lipinski definition) is 0. The van der Waals surface area contributed by atoms with E-state index in [0.717, 1.165) is 43.0 Å². The number of carbonyl (C=O) groups excluding carboxylic acids is 1. The quantitative estimate of drug-likeness (QED) is 0.819. The van der Waals surface area contributed by atoms with Crippen LogP contribution in [0.25, 0.3) is 0 Å². The van der Waals surface area contributed by atoms with Crippen molar-refractivity contribution in [1.29, 1.82) is 0 Å². The Bertz CT molecular complexity index is 583. The number of benzene rings is 2. The summed E-state index contributed by atoms with van der Waals surface area (Å²) in [5.41, 5.74) is 2.17. The van der Waals surface area contributed by atoms with Crippen molar-refractivity contribution in [3.05, 3.63) is 71.8 Å². The summed E-state index contributed by atoms with van der Waals surface area (Å²) in [5, 5.41) is 0. The van der Waals surface area contributed by atoms with Gasteiger partial charge in [-0.25, -0.2) is 0 Å². The van der Waals surface area contributed by atoms with Crippen LogP contribution in [-0.4, -0.2) is 23.9 Å². The summed E-state index contributed by atoms with van der Waals surface area (Å²) >= 11 is 0. The van der Waals surface area contributed by atoms with Crippen LogP contribution in [0.2, 0.25) is 0 Å². The Morgan fingerprint density at radius 3 is 2.04 bits per heavy atom. The summed E-state index contributed by atoms with van der Waals surface area (Å²) in [7, 11) is 0. The molecule has 1 heterocycles. The fourth-order valence-electron chi connectivity index (χ4n) is 3.43. The van der Waals surface area contributed by atoms with Crippen molar-refractivity contribution in [2.75, 3.05) is 13.1 Å². The number of nitrogens with zero attached hydrogens (tertiary/aromatic N) is 1. The highest BCUT2D eigenvalue weighted by molar-refractivity contribution is 5.87. The number of carbonyl (C=O) groups is 1. The third-order valence-corrected chi connectivity index (χ3v) is 4.84. The summed E-state index contributed by atoms with van der Waals surface area (Å²) in [4.78, 5) is 15.4. The minimum atomic E-state index is -0.189. The number of amides is 1. The van der Waals surface area contributed by atoms with Crippen LogP contribution in [0.15, 0.2) is 60.7 Å². The second kappa shape index (κ2) is 7.45. The third kappa shape index (κ3) is 3.82. The van der Waals surface area contributed by atoms with E-state index in [1.54, 1.807) is 0 Å². The van der Waals surface area contributed by atoms with Crippen LogP contribution >= 0.6 is 0 Å². The van der Waals surface area contributed by atoms with Crippen LogP contribution in [0.4, 0.5) is 0 Å². The smallest absolute Gasteiger partial charge is 0.234 e. The molecule has 1 saturated heterocycles. The normalized spacial score (nSPS) is 18.7. The molecule has 23 heavy (non-hydrogen) atoms. The molecule has 0 aliphatic carbocycles. The molecule has 1 amide bonds. The van der Waals surface area contributed by atoms with Gasteiger partial charge in [-0.2, -0.15) is 0 Å². The Hall–Kier alpha value is -2.09. The van der Waals surface area contributed by atoms with Crippen molar-refractivity contribution >= 4 is 5.91 Å². The third-order valence-electron chi connectivity index (χ3n) is 4.84. The van der Waals surface area contributed by atoms with Crippen molar-refractivity contribution in [3.63, 3.8) is 0 Å². The van der Waals surface area contributed by atoms with E-state index in [1.807, 2.05) is 36.4 Å². The molecule has 0 radical (unpaired) electrons. The average molecular weight is 307 g/mol. The van der Waals surface area contributed by atoms with Gasteiger partial charge in [-0.15, -0.1) is 0 Å². The van der Waals surface area contributed by atoms with Crippen LogP contribution in [0, 0.1) is 5.92 Å². The van der Waals surface area contributed by atoms with Crippen LogP contribution in [0.1, 0.15) is 43.2 Å². The predicted molar refractivity (Wildman–Crippen MR) is 94.3 cm³/mol. The van der Waals surface area contributed by atoms with Gasteiger partial charge < -0.3 is 4.90 Å². The summed E-state index contributed by atoms with van der Waals surface area (Å²) in [6.45, 7) is 4.06. The van der Waals surface area contributed by atoms with Gasteiger partial charge in [0.15, 0.2) is 0 Å². The first-order valence-electron chi connectivity index (χ1n) is 8.64. The molecular formula is C21H25NO. The number of rotatable bonds is 3. The van der Waals surface area contributed by atoms with E-state index in [4.69, 9.17) is 0 Å². The number of likely N-dealkylation sites (tertiary alicyclic amines) is 1. The maximum Gasteiger partial charge on any atom is 0.234 e. The maximum atomic E-state index is 13.3. The highest BCUT2D eigenvalue weighted by Gasteiger charge is 2.28. The molecule has 0 bridgehead atoms. The first kappa shape index (κ1) is 15.8. The molecule has 3 rings (SSSR count). The van der Waals surface area contributed by atoms with Gasteiger partial charge in [0, 0.05) is 13.1 Å². The Kier molecular flexibility index (Phi) is 5.12. The van der Waals surface area contributed by atoms with Gasteiger partial charge in [-0.05, 0) is 36.3 Å². The average Bonchev–Trinajstić information content (AvgIpc) is 2.82. The lowest BCUT2D eigenvalue weighted by atomic mass is 9.90. The van der Waals surface area contributed by atoms with E-state index < -0.39 is 0 Å². The van der Waals surface area contributed by atoms with Crippen LogP contribution in [0.3, 0.4) is 0 Å². The highest BCUT2D eigenvalue weighted by Crippen LogP contribution is 2.28. The fraction of sp³-hybridized carbons (Fsp3) is 0.381. The minimum absolute atomic E-state index is 0.189. The molecule has 120 valence electrons. The molecular weight excluding hydrogens is 282 g/mol. The molecule has 2 aromatic rings. The minimum Gasteiger partial charge on any atom is -0.342 e. The van der Waals surface area contributed by atoms with Gasteiger partial charge in [0.05, 0.1) is 5.92 Å². The van der Waals surface area contributed by atoms with E-state index in [9.17, 15) is 4.79 Å². The first-order chi connectivity index (χ1) is 11.3. The summed E-state index contributed by atoms with van der Waals surface area (Å²) < 4.78 is 0. The SMILES string of the molecule is CC1CCCN(C(=O)C(c2ccccc2)c2ccccc2)CC1. The Labute approximate surface area is 139 Å². The van der Waals surface area contributed by atoms with Crippen molar-refractivity contribution in [3.8, 4) is 0 Å². The van der Waals surface area contributed by atoms with Crippen molar-refractivity contribution in [1.82, 2.24) is 4.90 Å². The zero-order chi connectivity index (χ0) is 16.1. The predicted octanol–water partition coefficient (Wildman–Crippen LogP) is 4.47. The standard InChI is InChI=1S/C21H25NO/c1-17-9-8-15-22(16-14-17)21(23)20(18-10-4-2-5-11-18)19-12-6-3-7-13-19/h2-7,10-13,17,20H,8-9,14-16H2,1H3. The molecule has 1 aliphatic heterocycles. The Morgan fingerprint density at radius 1 is 0.913 bits per heavy atom. The van der Waals surface area contributed by atoms with Crippen LogP contribution < -0.4 is 0 Å². The molecule has 2 aromatic carbocycles. The monoisotopic (exact) mass is 307 g/mol. The van der Waals surface area contributed by atoms with Gasteiger partial charge in [0.2, 0.25) is 5.91 Å². The van der Waals surface area contributed by atoms with Crippen molar-refractivity contribution in [2.45, 2.75) is 32.1 Å². The zero-order valence-electron chi connectivity index (χ0n) is 13.8. The molecule has 1 aliphatic rings. The van der Waals surface area contributed by atoms with Gasteiger partial charge >= 0.3 is 0 Å². The number of hydrogen-bond acceptors (Lipinski definition) is 1. The molecule has 0 spiro atoms. The van der Waals surface area contributed by atoms with E-state index in [0.29, 0.717) is 0 Å². The van der Waals surface area contributed by atoms with Crippen LogP contribution in [-0.2, 0) is 4.79 Å². The summed E-state index contributed by atoms with van der Waals surface area (Å²) in [5.74, 6) is 0.780. The Balaban J connectivity index is 1.90. The Morgan fingerprint density at radius 2 is 1.48 bits per heavy atom. The van der Waals surface area contributed by atoms with E-state index in [1.165, 1.54) is 6.42 Å². The second-order valence-corrected chi connectivity index (χ2v) is 6.62. The van der Waals surface area contributed by atoms with Gasteiger partial charge in [0.25, 0.3) is 0 Å². The van der Waals surface area contributed by atoms with Crippen molar-refractivity contribution < 1.29 is 4.79 Å². The second-order valence-electron chi connectivity index (χ2n) is 6.62. The lowest BCUT2D eigenvalue weighted by Crippen LogP contribution is -2.36. The van der Waals surface area contributed by atoms with E-state index >= 15 is 0 Å². The zero-order valence-corrected chi connectivity index (χ0v) is 13.8. The molecule has 2 heteroatoms. The highest BCUT2D eigenvalue weighted by atomic mass is 16.2. The molecule has 0 N–H and O–H groups in total. The van der Waals surface area contributed by atoms with Gasteiger partial charge in [-0.1, -0.05) is 67.6 Å². The largest absolute Gasteiger partial charge is 0.342 e. The molecule has 2 nitrogen and oxygen atoms in total. The van der Waals surface area contributed by atoms with Crippen LogP contribution in [0.5, 0.6) is 0 Å². The van der Waals surface area contributed by atoms with Gasteiger partial charge in [0.1, 0.15) is 0 Å². The summed E-state index contributed by atoms with van der Waals surface area (Å²) in [6, 6.07) is 20.3. The first-order valence-corrected chi connectivity index (χ1v) is 8.64. The molecule has 1 unspecified atom stereocenters.